The third kappa shape index (κ3) is 5.32. The minimum absolute atomic E-state index is 0.0870. The maximum Gasteiger partial charge on any atom is 0.315 e. The molecule has 2 rings (SSSR count). The van der Waals surface area contributed by atoms with Crippen molar-refractivity contribution in [1.29, 1.82) is 0 Å². The van der Waals surface area contributed by atoms with Crippen LogP contribution >= 0.6 is 0 Å². The first-order valence-corrected chi connectivity index (χ1v) is 7.66. The van der Waals surface area contributed by atoms with E-state index < -0.39 is 0 Å². The zero-order valence-corrected chi connectivity index (χ0v) is 13.9. The molecule has 0 aromatic carbocycles. The number of nitrogens with zero attached hydrogens (tertiary/aromatic N) is 1. The molecule has 2 aromatic heterocycles. The van der Waals surface area contributed by atoms with E-state index in [9.17, 15) is 4.79 Å². The highest BCUT2D eigenvalue weighted by atomic mass is 16.5. The van der Waals surface area contributed by atoms with Gasteiger partial charge < -0.3 is 19.8 Å². The largest absolute Gasteiger partial charge is 0.475 e. The lowest BCUT2D eigenvalue weighted by Crippen LogP contribution is -2.36. The van der Waals surface area contributed by atoms with E-state index in [-0.39, 0.29) is 18.2 Å². The predicted molar refractivity (Wildman–Crippen MR) is 87.2 cm³/mol. The van der Waals surface area contributed by atoms with Gasteiger partial charge in [0, 0.05) is 18.8 Å². The third-order valence-corrected chi connectivity index (χ3v) is 3.14. The van der Waals surface area contributed by atoms with Crippen LogP contribution in [-0.2, 0) is 6.54 Å². The Balaban J connectivity index is 1.79. The SMILES string of the molecule is Cc1ccc([C@@H](C)NC(=O)NCc2ccc(OC(C)C)nc2)o1. The number of hydrogen-bond acceptors (Lipinski definition) is 4. The van der Waals surface area contributed by atoms with E-state index in [0.29, 0.717) is 12.4 Å². The number of rotatable bonds is 6. The summed E-state index contributed by atoms with van der Waals surface area (Å²) in [7, 11) is 0. The molecule has 0 spiro atoms. The highest BCUT2D eigenvalue weighted by Crippen LogP contribution is 2.15. The molecule has 2 N–H and O–H groups in total. The van der Waals surface area contributed by atoms with Gasteiger partial charge in [0.15, 0.2) is 0 Å². The van der Waals surface area contributed by atoms with Crippen LogP contribution in [0, 0.1) is 6.92 Å². The molecule has 0 aliphatic rings. The topological polar surface area (TPSA) is 76.4 Å². The van der Waals surface area contributed by atoms with Gasteiger partial charge in [0.2, 0.25) is 5.88 Å². The van der Waals surface area contributed by atoms with Gasteiger partial charge in [0.1, 0.15) is 11.5 Å². The summed E-state index contributed by atoms with van der Waals surface area (Å²) in [6.45, 7) is 8.03. The summed E-state index contributed by atoms with van der Waals surface area (Å²) in [6, 6.07) is 6.96. The lowest BCUT2D eigenvalue weighted by Gasteiger charge is -2.13. The Labute approximate surface area is 136 Å². The normalized spacial score (nSPS) is 12.0. The minimum atomic E-state index is -0.255. The molecule has 6 nitrogen and oxygen atoms in total. The average Bonchev–Trinajstić information content (AvgIpc) is 2.93. The number of nitrogens with one attached hydrogen (secondary N) is 2. The van der Waals surface area contributed by atoms with Crippen molar-refractivity contribution in [3.63, 3.8) is 0 Å². The van der Waals surface area contributed by atoms with Crippen LogP contribution in [0.4, 0.5) is 4.79 Å². The number of aryl methyl sites for hydroxylation is 1. The molecule has 0 radical (unpaired) electrons. The Bertz CT molecular complexity index is 635. The molecule has 0 aliphatic carbocycles. The van der Waals surface area contributed by atoms with Crippen molar-refractivity contribution in [2.24, 2.45) is 0 Å². The number of urea groups is 1. The highest BCUT2D eigenvalue weighted by Gasteiger charge is 2.12. The van der Waals surface area contributed by atoms with Gasteiger partial charge in [-0.1, -0.05) is 6.07 Å². The highest BCUT2D eigenvalue weighted by molar-refractivity contribution is 5.74. The average molecular weight is 317 g/mol. The Morgan fingerprint density at radius 1 is 1.26 bits per heavy atom. The Kier molecular flexibility index (Phi) is 5.62. The molecule has 0 aliphatic heterocycles. The molecule has 0 saturated carbocycles. The van der Waals surface area contributed by atoms with E-state index in [1.165, 1.54) is 0 Å². The fraction of sp³-hybridized carbons (Fsp3) is 0.412. The van der Waals surface area contributed by atoms with E-state index in [2.05, 4.69) is 15.6 Å². The van der Waals surface area contributed by atoms with Crippen molar-refractivity contribution in [2.75, 3.05) is 0 Å². The Morgan fingerprint density at radius 3 is 2.61 bits per heavy atom. The van der Waals surface area contributed by atoms with Crippen molar-refractivity contribution in [3.8, 4) is 5.88 Å². The van der Waals surface area contributed by atoms with E-state index in [1.807, 2.05) is 45.9 Å². The molecule has 0 saturated heterocycles. The molecule has 2 amide bonds. The number of aromatic nitrogens is 1. The zero-order chi connectivity index (χ0) is 16.8. The minimum Gasteiger partial charge on any atom is -0.475 e. The number of furan rings is 1. The van der Waals surface area contributed by atoms with Crippen LogP contribution in [0.15, 0.2) is 34.9 Å². The first-order chi connectivity index (χ1) is 10.9. The van der Waals surface area contributed by atoms with Crippen LogP contribution in [0.5, 0.6) is 5.88 Å². The standard InChI is InChI=1S/C17H23N3O3/c1-11(2)22-16-8-6-14(9-18-16)10-19-17(21)20-13(4)15-7-5-12(3)23-15/h5-9,11,13H,10H2,1-4H3,(H2,19,20,21)/t13-/m1/s1. The summed E-state index contributed by atoms with van der Waals surface area (Å²) < 4.78 is 11.0. The fourth-order valence-electron chi connectivity index (χ4n) is 2.01. The summed E-state index contributed by atoms with van der Waals surface area (Å²) in [6.07, 6.45) is 1.78. The van der Waals surface area contributed by atoms with Crippen molar-refractivity contribution in [2.45, 2.75) is 46.4 Å². The maximum atomic E-state index is 11.9. The fourth-order valence-corrected chi connectivity index (χ4v) is 2.01. The molecule has 0 bridgehead atoms. The van der Waals surface area contributed by atoms with E-state index >= 15 is 0 Å². The summed E-state index contributed by atoms with van der Waals surface area (Å²) in [5.74, 6) is 2.13. The lowest BCUT2D eigenvalue weighted by atomic mass is 10.2. The number of hydrogen-bond donors (Lipinski definition) is 2. The summed E-state index contributed by atoms with van der Waals surface area (Å²) in [5, 5.41) is 5.62. The van der Waals surface area contributed by atoms with Crippen LogP contribution in [0.1, 0.15) is 43.9 Å². The zero-order valence-electron chi connectivity index (χ0n) is 13.9. The molecule has 0 fully saturated rings. The third-order valence-electron chi connectivity index (χ3n) is 3.14. The number of carbonyl (C=O) groups is 1. The smallest absolute Gasteiger partial charge is 0.315 e. The summed E-state index contributed by atoms with van der Waals surface area (Å²) in [5.41, 5.74) is 0.901. The second-order valence-corrected chi connectivity index (χ2v) is 5.67. The van der Waals surface area contributed by atoms with Gasteiger partial charge >= 0.3 is 6.03 Å². The van der Waals surface area contributed by atoms with Gasteiger partial charge in [-0.15, -0.1) is 0 Å². The van der Waals surface area contributed by atoms with Crippen LogP contribution < -0.4 is 15.4 Å². The van der Waals surface area contributed by atoms with E-state index in [0.717, 1.165) is 17.1 Å². The van der Waals surface area contributed by atoms with E-state index in [1.54, 1.807) is 12.3 Å². The van der Waals surface area contributed by atoms with Crippen LogP contribution in [-0.4, -0.2) is 17.1 Å². The lowest BCUT2D eigenvalue weighted by molar-refractivity contribution is 0.232. The molecule has 1 atom stereocenters. The first kappa shape index (κ1) is 16.9. The molecule has 23 heavy (non-hydrogen) atoms. The van der Waals surface area contributed by atoms with Gasteiger partial charge in [-0.3, -0.25) is 0 Å². The molecular weight excluding hydrogens is 294 g/mol. The molecule has 0 unspecified atom stereocenters. The molecular formula is C17H23N3O3. The van der Waals surface area contributed by atoms with Crippen LogP contribution in [0.2, 0.25) is 0 Å². The van der Waals surface area contributed by atoms with Gasteiger partial charge in [0.25, 0.3) is 0 Å². The van der Waals surface area contributed by atoms with Gasteiger partial charge in [-0.05, 0) is 45.4 Å². The van der Waals surface area contributed by atoms with E-state index in [4.69, 9.17) is 9.15 Å². The number of pyridine rings is 1. The second kappa shape index (κ2) is 7.67. The number of amides is 2. The number of carbonyl (C=O) groups excluding carboxylic acids is 1. The van der Waals surface area contributed by atoms with Crippen molar-refractivity contribution in [1.82, 2.24) is 15.6 Å². The molecule has 6 heteroatoms. The summed E-state index contributed by atoms with van der Waals surface area (Å²) in [4.78, 5) is 16.1. The first-order valence-electron chi connectivity index (χ1n) is 7.66. The molecule has 124 valence electrons. The summed E-state index contributed by atoms with van der Waals surface area (Å²) >= 11 is 0. The Morgan fingerprint density at radius 2 is 2.04 bits per heavy atom. The second-order valence-electron chi connectivity index (χ2n) is 5.67. The number of ether oxygens (including phenoxy) is 1. The molecule has 2 heterocycles. The quantitative estimate of drug-likeness (QED) is 0.857. The molecule has 2 aromatic rings. The maximum absolute atomic E-state index is 11.9. The van der Waals surface area contributed by atoms with Crippen molar-refractivity contribution < 1.29 is 13.9 Å². The van der Waals surface area contributed by atoms with Gasteiger partial charge in [0.05, 0.1) is 12.1 Å². The Hall–Kier alpha value is -2.50. The monoisotopic (exact) mass is 317 g/mol. The van der Waals surface area contributed by atoms with Gasteiger partial charge in [-0.25, -0.2) is 9.78 Å². The van der Waals surface area contributed by atoms with Crippen LogP contribution in [0.25, 0.3) is 0 Å². The van der Waals surface area contributed by atoms with Crippen molar-refractivity contribution >= 4 is 6.03 Å². The van der Waals surface area contributed by atoms with Crippen molar-refractivity contribution in [3.05, 3.63) is 47.5 Å². The predicted octanol–water partition coefficient (Wildman–Crippen LogP) is 3.33. The van der Waals surface area contributed by atoms with Crippen LogP contribution in [0.3, 0.4) is 0 Å². The van der Waals surface area contributed by atoms with Gasteiger partial charge in [-0.2, -0.15) is 0 Å².